The fraction of sp³-hybridized carbons (Fsp3) is 0.167. The first-order valence-electron chi connectivity index (χ1n) is 7.68. The minimum Gasteiger partial charge on any atom is -0.369 e. The van der Waals surface area contributed by atoms with E-state index in [-0.39, 0.29) is 30.1 Å². The Morgan fingerprint density at radius 1 is 1.12 bits per heavy atom. The molecule has 1 aliphatic heterocycles. The molecule has 0 atom stereocenters. The Bertz CT molecular complexity index is 894. The van der Waals surface area contributed by atoms with Gasteiger partial charge in [0.15, 0.2) is 5.78 Å². The minimum atomic E-state index is -0.718. The summed E-state index contributed by atoms with van der Waals surface area (Å²) in [4.78, 5) is 22.6. The molecule has 136 valence electrons. The molecule has 3 rings (SSSR count). The Balaban J connectivity index is 0.00000243. The smallest absolute Gasteiger partial charge is 0.220 e. The largest absolute Gasteiger partial charge is 0.369 e. The van der Waals surface area contributed by atoms with E-state index in [9.17, 15) is 4.79 Å². The molecule has 1 heterocycles. The molecule has 8 heteroatoms. The molecule has 0 unspecified atom stereocenters. The van der Waals surface area contributed by atoms with Gasteiger partial charge in [0, 0.05) is 16.8 Å². The van der Waals surface area contributed by atoms with Gasteiger partial charge in [0.1, 0.15) is 5.66 Å². The summed E-state index contributed by atoms with van der Waals surface area (Å²) in [6, 6.07) is 14.1. The second kappa shape index (κ2) is 7.35. The van der Waals surface area contributed by atoms with Gasteiger partial charge in [-0.05, 0) is 32.0 Å². The average molecular weight is 392 g/mol. The molecule has 1 aliphatic rings. The molecule has 0 radical (unpaired) electrons. The van der Waals surface area contributed by atoms with Crippen LogP contribution in [0.25, 0.3) is 0 Å². The van der Waals surface area contributed by atoms with Crippen LogP contribution in [0, 0.1) is 0 Å². The summed E-state index contributed by atoms with van der Waals surface area (Å²) in [5, 5.41) is 0.331. The maximum Gasteiger partial charge on any atom is 0.220 e. The minimum absolute atomic E-state index is 0. The third kappa shape index (κ3) is 3.66. The number of rotatable bonds is 3. The van der Waals surface area contributed by atoms with Gasteiger partial charge in [-0.2, -0.15) is 4.99 Å². The van der Waals surface area contributed by atoms with Gasteiger partial charge in [-0.3, -0.25) is 9.69 Å². The molecule has 0 aromatic heterocycles. The van der Waals surface area contributed by atoms with Crippen LogP contribution in [0.5, 0.6) is 0 Å². The van der Waals surface area contributed by atoms with E-state index in [2.05, 4.69) is 9.98 Å². The second-order valence-corrected chi connectivity index (χ2v) is 6.54. The fourth-order valence-electron chi connectivity index (χ4n) is 2.82. The number of halogens is 2. The zero-order valence-electron chi connectivity index (χ0n) is 14.3. The topological polar surface area (TPSA) is 97.1 Å². The van der Waals surface area contributed by atoms with Crippen LogP contribution in [-0.2, 0) is 0 Å². The van der Waals surface area contributed by atoms with Crippen molar-refractivity contribution in [1.82, 2.24) is 0 Å². The average Bonchev–Trinajstić information content (AvgIpc) is 2.53. The van der Waals surface area contributed by atoms with E-state index in [0.29, 0.717) is 21.8 Å². The first-order chi connectivity index (χ1) is 11.8. The van der Waals surface area contributed by atoms with Crippen molar-refractivity contribution < 1.29 is 4.79 Å². The molecule has 0 fully saturated rings. The SMILES string of the molecule is CC1(C)N=C(N)N=C(N)N1c1ccc(C(=O)c2ccccc2)c(Cl)c1.Cl. The van der Waals surface area contributed by atoms with E-state index in [1.54, 1.807) is 35.2 Å². The normalized spacial score (nSPS) is 15.6. The predicted octanol–water partition coefficient (Wildman–Crippen LogP) is 3.18. The Morgan fingerprint density at radius 2 is 1.77 bits per heavy atom. The van der Waals surface area contributed by atoms with Gasteiger partial charge in [0.25, 0.3) is 0 Å². The maximum atomic E-state index is 12.6. The molecular formula is C18H19Cl2N5O. The van der Waals surface area contributed by atoms with Crippen molar-refractivity contribution >= 4 is 47.4 Å². The van der Waals surface area contributed by atoms with E-state index >= 15 is 0 Å². The van der Waals surface area contributed by atoms with Crippen LogP contribution in [0.15, 0.2) is 58.5 Å². The number of aliphatic imine (C=N–C) groups is 2. The van der Waals surface area contributed by atoms with Gasteiger partial charge in [-0.1, -0.05) is 41.9 Å². The summed E-state index contributed by atoms with van der Waals surface area (Å²) in [5.41, 5.74) is 12.7. The van der Waals surface area contributed by atoms with Crippen molar-refractivity contribution in [2.45, 2.75) is 19.5 Å². The highest BCUT2D eigenvalue weighted by Gasteiger charge is 2.33. The van der Waals surface area contributed by atoms with Crippen LogP contribution < -0.4 is 16.4 Å². The molecule has 0 aliphatic carbocycles. The molecular weight excluding hydrogens is 373 g/mol. The van der Waals surface area contributed by atoms with Crippen LogP contribution >= 0.6 is 24.0 Å². The number of hydrogen-bond donors (Lipinski definition) is 2. The first-order valence-corrected chi connectivity index (χ1v) is 8.06. The van der Waals surface area contributed by atoms with Crippen molar-refractivity contribution in [3.63, 3.8) is 0 Å². The van der Waals surface area contributed by atoms with Crippen LogP contribution in [0.4, 0.5) is 5.69 Å². The highest BCUT2D eigenvalue weighted by molar-refractivity contribution is 6.35. The standard InChI is InChI=1S/C18H18ClN5O.ClH/c1-18(2)23-16(20)22-17(21)24(18)12-8-9-13(14(19)10-12)15(25)11-6-4-3-5-7-11;/h3-10H,1-2H3,(H4,20,21,22,23);1H. The molecule has 26 heavy (non-hydrogen) atoms. The lowest BCUT2D eigenvalue weighted by Crippen LogP contribution is -2.54. The van der Waals surface area contributed by atoms with Crippen molar-refractivity contribution in [1.29, 1.82) is 0 Å². The van der Waals surface area contributed by atoms with Crippen molar-refractivity contribution in [2.75, 3.05) is 4.90 Å². The summed E-state index contributed by atoms with van der Waals surface area (Å²) >= 11 is 6.37. The van der Waals surface area contributed by atoms with Crippen molar-refractivity contribution in [3.8, 4) is 0 Å². The van der Waals surface area contributed by atoms with E-state index in [1.165, 1.54) is 0 Å². The zero-order valence-corrected chi connectivity index (χ0v) is 15.9. The van der Waals surface area contributed by atoms with E-state index in [1.807, 2.05) is 32.0 Å². The van der Waals surface area contributed by atoms with Crippen LogP contribution in [0.2, 0.25) is 5.02 Å². The quantitative estimate of drug-likeness (QED) is 0.784. The Morgan fingerprint density at radius 3 is 2.35 bits per heavy atom. The van der Waals surface area contributed by atoms with Crippen molar-refractivity contribution in [3.05, 3.63) is 64.7 Å². The van der Waals surface area contributed by atoms with Gasteiger partial charge in [-0.25, -0.2) is 4.99 Å². The lowest BCUT2D eigenvalue weighted by molar-refractivity contribution is 0.103. The number of ketones is 1. The van der Waals surface area contributed by atoms with E-state index in [4.69, 9.17) is 23.1 Å². The van der Waals surface area contributed by atoms with E-state index in [0.717, 1.165) is 0 Å². The number of carbonyl (C=O) groups is 1. The summed E-state index contributed by atoms with van der Waals surface area (Å²) in [6.45, 7) is 3.72. The predicted molar refractivity (Wildman–Crippen MR) is 108 cm³/mol. The molecule has 2 aromatic rings. The zero-order chi connectivity index (χ0) is 18.2. The fourth-order valence-corrected chi connectivity index (χ4v) is 3.08. The summed E-state index contributed by atoms with van der Waals surface area (Å²) < 4.78 is 0. The lowest BCUT2D eigenvalue weighted by atomic mass is 10.0. The third-order valence-electron chi connectivity index (χ3n) is 3.89. The maximum absolute atomic E-state index is 12.6. The van der Waals surface area contributed by atoms with Crippen molar-refractivity contribution in [2.24, 2.45) is 21.5 Å². The number of nitrogens with two attached hydrogens (primary N) is 2. The highest BCUT2D eigenvalue weighted by Crippen LogP contribution is 2.31. The van der Waals surface area contributed by atoms with Crippen LogP contribution in [-0.4, -0.2) is 23.4 Å². The molecule has 0 saturated carbocycles. The number of guanidine groups is 2. The number of benzene rings is 2. The van der Waals surface area contributed by atoms with Gasteiger partial charge in [0.2, 0.25) is 11.9 Å². The van der Waals surface area contributed by atoms with Gasteiger partial charge in [-0.15, -0.1) is 12.4 Å². The second-order valence-electron chi connectivity index (χ2n) is 6.13. The Hall–Kier alpha value is -2.57. The number of hydrogen-bond acceptors (Lipinski definition) is 6. The molecule has 2 aromatic carbocycles. The van der Waals surface area contributed by atoms with Gasteiger partial charge < -0.3 is 11.5 Å². The molecule has 0 saturated heterocycles. The highest BCUT2D eigenvalue weighted by atomic mass is 35.5. The van der Waals surface area contributed by atoms with Gasteiger partial charge in [0.05, 0.1) is 5.02 Å². The van der Waals surface area contributed by atoms with Gasteiger partial charge >= 0.3 is 0 Å². The molecule has 6 nitrogen and oxygen atoms in total. The molecule has 0 amide bonds. The summed E-state index contributed by atoms with van der Waals surface area (Å²) in [7, 11) is 0. The molecule has 0 bridgehead atoms. The monoisotopic (exact) mass is 391 g/mol. The first kappa shape index (κ1) is 19.8. The number of carbonyl (C=O) groups excluding carboxylic acids is 1. The summed E-state index contributed by atoms with van der Waals surface area (Å²) in [5.74, 6) is 0.204. The van der Waals surface area contributed by atoms with E-state index < -0.39 is 5.66 Å². The Kier molecular flexibility index (Phi) is 5.59. The number of anilines is 1. The summed E-state index contributed by atoms with van der Waals surface area (Å²) in [6.07, 6.45) is 0. The Labute approximate surface area is 163 Å². The molecule has 0 spiro atoms. The van der Waals surface area contributed by atoms with Crippen LogP contribution in [0.1, 0.15) is 29.8 Å². The molecule has 4 N–H and O–H groups in total. The van der Waals surface area contributed by atoms with Crippen LogP contribution in [0.3, 0.4) is 0 Å². The lowest BCUT2D eigenvalue weighted by Gasteiger charge is -2.38. The number of nitrogens with zero attached hydrogens (tertiary/aromatic N) is 3. The third-order valence-corrected chi connectivity index (χ3v) is 4.20.